The third-order valence-corrected chi connectivity index (χ3v) is 6.63. The van der Waals surface area contributed by atoms with Crippen LogP contribution in [0.4, 0.5) is 5.82 Å². The molecule has 7 heteroatoms. The maximum absolute atomic E-state index is 12.5. The number of pyridine rings is 1. The normalized spacial score (nSPS) is 16.1. The Balaban J connectivity index is 1.59. The van der Waals surface area contributed by atoms with E-state index in [1.807, 2.05) is 26.8 Å². The van der Waals surface area contributed by atoms with Gasteiger partial charge in [-0.15, -0.1) is 0 Å². The van der Waals surface area contributed by atoms with Crippen LogP contribution in [-0.4, -0.2) is 61.3 Å². The minimum Gasteiger partial charge on any atom is -0.493 e. The summed E-state index contributed by atoms with van der Waals surface area (Å²) in [6.45, 7) is 9.95. The maximum atomic E-state index is 12.5. The van der Waals surface area contributed by atoms with Crippen molar-refractivity contribution in [3.8, 4) is 11.5 Å². The van der Waals surface area contributed by atoms with Gasteiger partial charge in [-0.25, -0.2) is 9.78 Å². The van der Waals surface area contributed by atoms with Gasteiger partial charge in [0.2, 0.25) is 0 Å². The number of nitrogens with zero attached hydrogens (tertiary/aromatic N) is 2. The van der Waals surface area contributed by atoms with E-state index in [1.165, 1.54) is 37.1 Å². The van der Waals surface area contributed by atoms with Gasteiger partial charge in [-0.3, -0.25) is 0 Å². The number of hydrogen-bond donors (Lipinski definition) is 1. The number of anilines is 1. The monoisotopic (exact) mass is 455 g/mol. The molecule has 1 saturated heterocycles. The van der Waals surface area contributed by atoms with E-state index in [4.69, 9.17) is 19.2 Å². The van der Waals surface area contributed by atoms with Gasteiger partial charge in [0.1, 0.15) is 11.4 Å². The van der Waals surface area contributed by atoms with Crippen molar-refractivity contribution < 1.29 is 19.0 Å². The van der Waals surface area contributed by atoms with Crippen molar-refractivity contribution in [2.45, 2.75) is 64.8 Å². The molecule has 2 heterocycles. The zero-order valence-corrected chi connectivity index (χ0v) is 20.5. The lowest BCUT2D eigenvalue weighted by Gasteiger charge is -2.26. The number of nitrogens with one attached hydrogen (secondary N) is 1. The molecule has 1 aromatic carbocycles. The summed E-state index contributed by atoms with van der Waals surface area (Å²) in [6, 6.07) is 4.04. The van der Waals surface area contributed by atoms with E-state index in [9.17, 15) is 4.79 Å². The van der Waals surface area contributed by atoms with Gasteiger partial charge in [-0.05, 0) is 89.6 Å². The number of aryl methyl sites for hydroxylation is 1. The first-order valence-corrected chi connectivity index (χ1v) is 12.3. The summed E-state index contributed by atoms with van der Waals surface area (Å²) >= 11 is 0. The van der Waals surface area contributed by atoms with Gasteiger partial charge in [0.05, 0.1) is 25.8 Å². The van der Waals surface area contributed by atoms with E-state index in [0.717, 1.165) is 54.7 Å². The fourth-order valence-corrected chi connectivity index (χ4v) is 4.88. The summed E-state index contributed by atoms with van der Waals surface area (Å²) in [6.07, 6.45) is 6.59. The zero-order valence-electron chi connectivity index (χ0n) is 20.5. The van der Waals surface area contributed by atoms with Crippen molar-refractivity contribution in [1.29, 1.82) is 0 Å². The van der Waals surface area contributed by atoms with E-state index in [1.54, 1.807) is 7.11 Å². The average Bonchev–Trinajstić information content (AvgIpc) is 3.49. The molecule has 1 fully saturated rings. The maximum Gasteiger partial charge on any atom is 0.331 e. The van der Waals surface area contributed by atoms with Crippen LogP contribution in [0.3, 0.4) is 0 Å². The Bertz CT molecular complexity index is 999. The average molecular weight is 456 g/mol. The fraction of sp³-hybridized carbons (Fsp3) is 0.615. The summed E-state index contributed by atoms with van der Waals surface area (Å²) < 4.78 is 17.1. The van der Waals surface area contributed by atoms with Crippen LogP contribution in [0.5, 0.6) is 11.5 Å². The van der Waals surface area contributed by atoms with E-state index >= 15 is 0 Å². The lowest BCUT2D eigenvalue weighted by atomic mass is 10.0. The number of carbonyl (C=O) groups excluding carboxylic acids is 1. The molecule has 4 rings (SSSR count). The third kappa shape index (κ3) is 5.18. The quantitative estimate of drug-likeness (QED) is 0.422. The number of hydrogen-bond acceptors (Lipinski definition) is 7. The van der Waals surface area contributed by atoms with Gasteiger partial charge in [-0.2, -0.15) is 0 Å². The Kier molecular flexibility index (Phi) is 7.27. The van der Waals surface area contributed by atoms with Crippen LogP contribution in [0.2, 0.25) is 0 Å². The minimum atomic E-state index is -0.867. The van der Waals surface area contributed by atoms with Crippen molar-refractivity contribution in [3.05, 3.63) is 23.3 Å². The van der Waals surface area contributed by atoms with E-state index in [0.29, 0.717) is 19.0 Å². The first kappa shape index (κ1) is 23.6. The van der Waals surface area contributed by atoms with Crippen molar-refractivity contribution in [2.75, 3.05) is 45.3 Å². The Morgan fingerprint density at radius 3 is 2.61 bits per heavy atom. The van der Waals surface area contributed by atoms with Crippen LogP contribution in [-0.2, 0) is 22.4 Å². The summed E-state index contributed by atoms with van der Waals surface area (Å²) in [5.41, 5.74) is 2.45. The largest absolute Gasteiger partial charge is 0.493 e. The van der Waals surface area contributed by atoms with Crippen LogP contribution in [0.25, 0.3) is 10.9 Å². The highest BCUT2D eigenvalue weighted by molar-refractivity contribution is 5.91. The lowest BCUT2D eigenvalue weighted by Crippen LogP contribution is -2.42. The molecule has 1 aromatic heterocycles. The summed E-state index contributed by atoms with van der Waals surface area (Å²) in [4.78, 5) is 19.9. The Morgan fingerprint density at radius 2 is 1.88 bits per heavy atom. The molecule has 0 atom stereocenters. The number of likely N-dealkylation sites (tertiary alicyclic amines) is 1. The number of esters is 1. The highest BCUT2D eigenvalue weighted by atomic mass is 16.5. The minimum absolute atomic E-state index is 0.282. The molecule has 1 aliphatic heterocycles. The van der Waals surface area contributed by atoms with Crippen LogP contribution >= 0.6 is 0 Å². The number of benzene rings is 1. The molecule has 1 N–H and O–H groups in total. The Labute approximate surface area is 196 Å². The fourth-order valence-electron chi connectivity index (χ4n) is 4.88. The Hall–Kier alpha value is -2.54. The molecule has 33 heavy (non-hydrogen) atoms. The first-order valence-electron chi connectivity index (χ1n) is 12.3. The van der Waals surface area contributed by atoms with E-state index in [2.05, 4.69) is 16.3 Å². The smallest absolute Gasteiger partial charge is 0.331 e. The van der Waals surface area contributed by atoms with E-state index in [-0.39, 0.29) is 5.97 Å². The number of rotatable bonds is 10. The molecule has 7 nitrogen and oxygen atoms in total. The first-order chi connectivity index (χ1) is 15.9. The molecule has 0 spiro atoms. The highest BCUT2D eigenvalue weighted by Gasteiger charge is 2.32. The van der Waals surface area contributed by atoms with Gasteiger partial charge in [0.25, 0.3) is 0 Å². The second-order valence-corrected chi connectivity index (χ2v) is 9.51. The second kappa shape index (κ2) is 10.2. The summed E-state index contributed by atoms with van der Waals surface area (Å²) in [5.74, 6) is 1.94. The number of aromatic nitrogens is 1. The van der Waals surface area contributed by atoms with Gasteiger partial charge in [0.15, 0.2) is 11.5 Å². The summed E-state index contributed by atoms with van der Waals surface area (Å²) in [5, 5.41) is 4.46. The van der Waals surface area contributed by atoms with Crippen molar-refractivity contribution in [2.24, 2.45) is 0 Å². The molecule has 0 saturated carbocycles. The summed E-state index contributed by atoms with van der Waals surface area (Å²) in [7, 11) is 1.68. The number of carbonyl (C=O) groups is 1. The lowest BCUT2D eigenvalue weighted by molar-refractivity contribution is -0.147. The molecule has 0 radical (unpaired) electrons. The van der Waals surface area contributed by atoms with Gasteiger partial charge in [-0.1, -0.05) is 0 Å². The standard InChI is InChI=1S/C26H37N3O4/c1-5-32-25(30)26(2,3)28-24-19-11-8-10-18(19)20-16-22(31-4)23(17-21(20)27-24)33-15-9-14-29-12-6-7-13-29/h16-17H,5-15H2,1-4H3,(H,27,28). The topological polar surface area (TPSA) is 72.9 Å². The SMILES string of the molecule is CCOC(=O)C(C)(C)Nc1nc2cc(OCCCN3CCCC3)c(OC)cc2c2c1CCC2. The zero-order chi connectivity index (χ0) is 23.4. The third-order valence-electron chi connectivity index (χ3n) is 6.63. The molecule has 1 aliphatic carbocycles. The van der Waals surface area contributed by atoms with Gasteiger partial charge >= 0.3 is 5.97 Å². The molecular weight excluding hydrogens is 418 g/mol. The van der Waals surface area contributed by atoms with Crippen molar-refractivity contribution in [1.82, 2.24) is 9.88 Å². The molecular formula is C26H37N3O4. The molecule has 2 aromatic rings. The number of methoxy groups -OCH3 is 1. The van der Waals surface area contributed by atoms with Crippen molar-refractivity contribution >= 4 is 22.7 Å². The predicted octanol–water partition coefficient (Wildman–Crippen LogP) is 4.35. The van der Waals surface area contributed by atoms with Crippen LogP contribution in [0.15, 0.2) is 12.1 Å². The molecule has 0 bridgehead atoms. The van der Waals surface area contributed by atoms with Crippen LogP contribution in [0.1, 0.15) is 57.6 Å². The molecule has 2 aliphatic rings. The number of fused-ring (bicyclic) bond motifs is 3. The highest BCUT2D eigenvalue weighted by Crippen LogP contribution is 2.39. The predicted molar refractivity (Wildman–Crippen MR) is 130 cm³/mol. The molecule has 180 valence electrons. The van der Waals surface area contributed by atoms with Crippen LogP contribution in [0, 0.1) is 0 Å². The van der Waals surface area contributed by atoms with Gasteiger partial charge < -0.3 is 24.4 Å². The second-order valence-electron chi connectivity index (χ2n) is 9.51. The van der Waals surface area contributed by atoms with Crippen molar-refractivity contribution in [3.63, 3.8) is 0 Å². The molecule has 0 amide bonds. The van der Waals surface area contributed by atoms with E-state index < -0.39 is 5.54 Å². The van der Waals surface area contributed by atoms with Gasteiger partial charge in [0, 0.05) is 18.0 Å². The van der Waals surface area contributed by atoms with Crippen LogP contribution < -0.4 is 14.8 Å². The Morgan fingerprint density at radius 1 is 1.12 bits per heavy atom. The molecule has 0 unspecified atom stereocenters. The number of ether oxygens (including phenoxy) is 3.